The molecule has 29 heavy (non-hydrogen) atoms. The highest BCUT2D eigenvalue weighted by Crippen LogP contribution is 2.61. The van der Waals surface area contributed by atoms with Crippen LogP contribution < -0.4 is 4.74 Å². The third kappa shape index (κ3) is 3.91. The quantitative estimate of drug-likeness (QED) is 0.797. The number of ether oxygens (including phenoxy) is 1. The van der Waals surface area contributed by atoms with Crippen molar-refractivity contribution < 1.29 is 14.6 Å². The summed E-state index contributed by atoms with van der Waals surface area (Å²) in [6, 6.07) is 7.10. The van der Waals surface area contributed by atoms with Crippen LogP contribution in [0.3, 0.4) is 0 Å². The summed E-state index contributed by atoms with van der Waals surface area (Å²) in [4.78, 5) is 17.8. The number of carbonyl (C=O) groups excluding carboxylic acids is 1. The fourth-order valence-corrected chi connectivity index (χ4v) is 5.35. The van der Waals surface area contributed by atoms with E-state index in [1.165, 1.54) is 11.1 Å². The van der Waals surface area contributed by atoms with Crippen LogP contribution in [0.15, 0.2) is 18.2 Å². The summed E-state index contributed by atoms with van der Waals surface area (Å²) in [5, 5.41) is 9.05. The number of aliphatic hydroxyl groups excluding tert-OH is 1. The number of hydrogen-bond acceptors (Lipinski definition) is 4. The summed E-state index contributed by atoms with van der Waals surface area (Å²) in [6.07, 6.45) is 4.81. The average molecular weight is 401 g/mol. The van der Waals surface area contributed by atoms with Crippen LogP contribution in [-0.2, 0) is 10.2 Å². The summed E-state index contributed by atoms with van der Waals surface area (Å²) in [7, 11) is 2.14. The number of rotatable bonds is 6. The van der Waals surface area contributed by atoms with Crippen molar-refractivity contribution in [2.75, 3.05) is 39.9 Å². The van der Waals surface area contributed by atoms with Crippen molar-refractivity contribution in [3.63, 3.8) is 0 Å². The van der Waals surface area contributed by atoms with Gasteiger partial charge in [-0.25, -0.2) is 0 Å². The van der Waals surface area contributed by atoms with Crippen molar-refractivity contribution >= 4 is 5.91 Å². The Morgan fingerprint density at radius 1 is 1.34 bits per heavy atom. The van der Waals surface area contributed by atoms with E-state index < -0.39 is 0 Å². The first-order chi connectivity index (χ1) is 14.0. The largest absolute Gasteiger partial charge is 0.493 e. The van der Waals surface area contributed by atoms with E-state index in [2.05, 4.69) is 48.9 Å². The van der Waals surface area contributed by atoms with Gasteiger partial charge in [-0.05, 0) is 56.7 Å². The van der Waals surface area contributed by atoms with Crippen LogP contribution >= 0.6 is 0 Å². The second kappa shape index (κ2) is 8.27. The van der Waals surface area contributed by atoms with Crippen molar-refractivity contribution in [2.24, 2.45) is 5.92 Å². The predicted octanol–water partition coefficient (Wildman–Crippen LogP) is 3.16. The highest BCUT2D eigenvalue weighted by atomic mass is 16.5. The van der Waals surface area contributed by atoms with Crippen LogP contribution in [0.5, 0.6) is 5.75 Å². The Labute approximate surface area is 175 Å². The SMILES string of the molecule is CC(C)c1ccc2c(c1)[C@]1(CCO2)C[C@H]1C(=O)N1CCC(N(C)CCCO)CC1. The van der Waals surface area contributed by atoms with Crippen LogP contribution in [-0.4, -0.2) is 66.8 Å². The number of nitrogens with zero attached hydrogens (tertiary/aromatic N) is 2. The Bertz CT molecular complexity index is 742. The molecule has 0 unspecified atom stereocenters. The molecule has 5 heteroatoms. The van der Waals surface area contributed by atoms with Crippen LogP contribution in [0, 0.1) is 5.92 Å². The minimum absolute atomic E-state index is 0.00430. The van der Waals surface area contributed by atoms with E-state index in [1.807, 2.05) is 0 Å². The van der Waals surface area contributed by atoms with E-state index in [0.717, 1.165) is 64.1 Å². The molecule has 1 saturated heterocycles. The molecule has 1 aromatic rings. The van der Waals surface area contributed by atoms with E-state index >= 15 is 0 Å². The summed E-state index contributed by atoms with van der Waals surface area (Å²) >= 11 is 0. The molecule has 2 fully saturated rings. The third-order valence-electron chi connectivity index (χ3n) is 7.45. The smallest absolute Gasteiger partial charge is 0.226 e. The molecule has 0 bridgehead atoms. The fraction of sp³-hybridized carbons (Fsp3) is 0.708. The second-order valence-electron chi connectivity index (χ2n) is 9.54. The minimum atomic E-state index is 0.00430. The number of benzene rings is 1. The lowest BCUT2D eigenvalue weighted by Gasteiger charge is -2.37. The summed E-state index contributed by atoms with van der Waals surface area (Å²) < 4.78 is 5.93. The molecular formula is C24H36N2O3. The first kappa shape index (κ1) is 20.7. The lowest BCUT2D eigenvalue weighted by molar-refractivity contribution is -0.134. The second-order valence-corrected chi connectivity index (χ2v) is 9.54. The number of aliphatic hydroxyl groups is 1. The molecule has 1 aromatic carbocycles. The maximum absolute atomic E-state index is 13.3. The Hall–Kier alpha value is -1.59. The van der Waals surface area contributed by atoms with Crippen molar-refractivity contribution in [2.45, 2.75) is 63.3 Å². The molecule has 5 nitrogen and oxygen atoms in total. The molecule has 4 rings (SSSR count). The molecule has 2 heterocycles. The van der Waals surface area contributed by atoms with Gasteiger partial charge in [-0.15, -0.1) is 0 Å². The van der Waals surface area contributed by atoms with Gasteiger partial charge in [-0.1, -0.05) is 26.0 Å². The van der Waals surface area contributed by atoms with Crippen LogP contribution in [0.4, 0.5) is 0 Å². The molecule has 1 spiro atoms. The number of carbonyl (C=O) groups is 1. The Kier molecular flexibility index (Phi) is 5.90. The van der Waals surface area contributed by atoms with Crippen LogP contribution in [0.2, 0.25) is 0 Å². The summed E-state index contributed by atoms with van der Waals surface area (Å²) in [5.74, 6) is 1.94. The summed E-state index contributed by atoms with van der Waals surface area (Å²) in [5.41, 5.74) is 2.61. The molecule has 160 valence electrons. The van der Waals surface area contributed by atoms with Gasteiger partial charge in [0.15, 0.2) is 0 Å². The lowest BCUT2D eigenvalue weighted by Crippen LogP contribution is -2.47. The molecule has 1 amide bonds. The van der Waals surface area contributed by atoms with E-state index in [0.29, 0.717) is 17.9 Å². The third-order valence-corrected chi connectivity index (χ3v) is 7.45. The van der Waals surface area contributed by atoms with Crippen molar-refractivity contribution in [1.82, 2.24) is 9.80 Å². The molecule has 1 N–H and O–H groups in total. The lowest BCUT2D eigenvalue weighted by atomic mass is 9.84. The highest BCUT2D eigenvalue weighted by Gasteiger charge is 2.62. The molecule has 2 aliphatic heterocycles. The van der Waals surface area contributed by atoms with Gasteiger partial charge < -0.3 is 19.6 Å². The van der Waals surface area contributed by atoms with Gasteiger partial charge in [0.2, 0.25) is 5.91 Å². The number of likely N-dealkylation sites (tertiary alicyclic amines) is 1. The zero-order valence-electron chi connectivity index (χ0n) is 18.2. The van der Waals surface area contributed by atoms with Crippen LogP contribution in [0.25, 0.3) is 0 Å². The van der Waals surface area contributed by atoms with Crippen molar-refractivity contribution in [3.8, 4) is 5.75 Å². The van der Waals surface area contributed by atoms with E-state index in [9.17, 15) is 4.79 Å². The van der Waals surface area contributed by atoms with Gasteiger partial charge in [-0.2, -0.15) is 0 Å². The normalized spacial score (nSPS) is 26.7. The van der Waals surface area contributed by atoms with Gasteiger partial charge >= 0.3 is 0 Å². The van der Waals surface area contributed by atoms with E-state index in [4.69, 9.17) is 9.84 Å². The average Bonchev–Trinajstić information content (AvgIpc) is 3.46. The number of amides is 1. The predicted molar refractivity (Wildman–Crippen MR) is 114 cm³/mol. The van der Waals surface area contributed by atoms with E-state index in [-0.39, 0.29) is 17.9 Å². The topological polar surface area (TPSA) is 53.0 Å². The standard InChI is InChI=1S/C24H36N2O3/c1-17(2)18-5-6-22-20(15-18)24(9-14-29-22)16-21(24)23(28)26-11-7-19(8-12-26)25(3)10-4-13-27/h5-6,15,17,19,21,27H,4,7-14,16H2,1-3H3/t21-,24-/m0/s1. The first-order valence-corrected chi connectivity index (χ1v) is 11.3. The fourth-order valence-electron chi connectivity index (χ4n) is 5.35. The maximum Gasteiger partial charge on any atom is 0.226 e. The van der Waals surface area contributed by atoms with Gasteiger partial charge in [-0.3, -0.25) is 4.79 Å². The number of piperidine rings is 1. The van der Waals surface area contributed by atoms with Gasteiger partial charge in [0.25, 0.3) is 0 Å². The van der Waals surface area contributed by atoms with Crippen LogP contribution in [0.1, 0.15) is 63.0 Å². The highest BCUT2D eigenvalue weighted by molar-refractivity contribution is 5.85. The zero-order chi connectivity index (χ0) is 20.6. The van der Waals surface area contributed by atoms with Crippen molar-refractivity contribution in [1.29, 1.82) is 0 Å². The van der Waals surface area contributed by atoms with Crippen molar-refractivity contribution in [3.05, 3.63) is 29.3 Å². The Balaban J connectivity index is 1.41. The molecule has 0 radical (unpaired) electrons. The van der Waals surface area contributed by atoms with E-state index in [1.54, 1.807) is 0 Å². The number of hydrogen-bond donors (Lipinski definition) is 1. The molecule has 1 aliphatic carbocycles. The molecule has 0 aromatic heterocycles. The Morgan fingerprint density at radius 3 is 2.79 bits per heavy atom. The molecule has 3 aliphatic rings. The monoisotopic (exact) mass is 400 g/mol. The molecule has 1 saturated carbocycles. The summed E-state index contributed by atoms with van der Waals surface area (Å²) in [6.45, 7) is 8.04. The Morgan fingerprint density at radius 2 is 2.10 bits per heavy atom. The minimum Gasteiger partial charge on any atom is -0.493 e. The zero-order valence-corrected chi connectivity index (χ0v) is 18.2. The number of fused-ring (bicyclic) bond motifs is 2. The first-order valence-electron chi connectivity index (χ1n) is 11.3. The van der Waals surface area contributed by atoms with Gasteiger partial charge in [0.05, 0.1) is 6.61 Å². The molecular weight excluding hydrogens is 364 g/mol. The van der Waals surface area contributed by atoms with Gasteiger partial charge in [0, 0.05) is 49.2 Å². The maximum atomic E-state index is 13.3. The van der Waals surface area contributed by atoms with Gasteiger partial charge in [0.1, 0.15) is 5.75 Å². The molecule has 2 atom stereocenters.